The fourth-order valence-corrected chi connectivity index (χ4v) is 1.17. The molecule has 3 nitrogen and oxygen atoms in total. The number of allylic oxidation sites excluding steroid dienone is 4. The molecule has 0 saturated heterocycles. The largest absolute Gasteiger partial charge is 0.464 e. The van der Waals surface area contributed by atoms with Crippen LogP contribution in [0.3, 0.4) is 0 Å². The number of hydrogen-bond acceptors (Lipinski definition) is 3. The Balaban J connectivity index is 2.60. The van der Waals surface area contributed by atoms with Gasteiger partial charge in [0.05, 0.1) is 6.61 Å². The molecule has 14 heavy (non-hydrogen) atoms. The Labute approximate surface area is 83.4 Å². The standard InChI is InChI=1S/C11H14O3/c1-2-14-11(13)10(12)9-7-5-3-4-6-8-9/h3-10,12H,2H2,1H3. The molecule has 1 N–H and O–H groups in total. The fourth-order valence-electron chi connectivity index (χ4n) is 1.17. The summed E-state index contributed by atoms with van der Waals surface area (Å²) in [6.07, 6.45) is 9.70. The molecule has 76 valence electrons. The predicted octanol–water partition coefficient (Wildman–Crippen LogP) is 1.21. The highest BCUT2D eigenvalue weighted by atomic mass is 16.5. The van der Waals surface area contributed by atoms with E-state index in [0.717, 1.165) is 0 Å². The van der Waals surface area contributed by atoms with Gasteiger partial charge >= 0.3 is 5.97 Å². The Morgan fingerprint density at radius 3 is 2.43 bits per heavy atom. The Bertz CT molecular complexity index is 260. The number of ether oxygens (including phenoxy) is 1. The van der Waals surface area contributed by atoms with Crippen molar-refractivity contribution >= 4 is 5.97 Å². The average molecular weight is 194 g/mol. The van der Waals surface area contributed by atoms with Gasteiger partial charge in [0.1, 0.15) is 0 Å². The van der Waals surface area contributed by atoms with Crippen LogP contribution in [0.25, 0.3) is 0 Å². The van der Waals surface area contributed by atoms with E-state index in [1.807, 2.05) is 12.2 Å². The van der Waals surface area contributed by atoms with Gasteiger partial charge in [-0.15, -0.1) is 0 Å². The normalized spacial score (nSPS) is 17.9. The van der Waals surface area contributed by atoms with Crippen molar-refractivity contribution in [2.45, 2.75) is 13.0 Å². The number of hydrogen-bond donors (Lipinski definition) is 1. The van der Waals surface area contributed by atoms with Gasteiger partial charge in [0, 0.05) is 5.92 Å². The van der Waals surface area contributed by atoms with E-state index in [2.05, 4.69) is 0 Å². The Hall–Kier alpha value is -1.35. The van der Waals surface area contributed by atoms with Crippen molar-refractivity contribution in [1.82, 2.24) is 0 Å². The summed E-state index contributed by atoms with van der Waals surface area (Å²) in [6.45, 7) is 2.00. The molecule has 1 aliphatic carbocycles. The minimum Gasteiger partial charge on any atom is -0.464 e. The van der Waals surface area contributed by atoms with Gasteiger partial charge < -0.3 is 9.84 Å². The Morgan fingerprint density at radius 1 is 1.36 bits per heavy atom. The first-order valence-corrected chi connectivity index (χ1v) is 4.62. The summed E-state index contributed by atoms with van der Waals surface area (Å²) in [4.78, 5) is 11.2. The van der Waals surface area contributed by atoms with E-state index in [1.54, 1.807) is 31.2 Å². The second-order valence-corrected chi connectivity index (χ2v) is 2.93. The van der Waals surface area contributed by atoms with Crippen molar-refractivity contribution in [3.05, 3.63) is 36.5 Å². The van der Waals surface area contributed by atoms with Crippen LogP contribution < -0.4 is 0 Å². The zero-order valence-corrected chi connectivity index (χ0v) is 8.09. The number of esters is 1. The summed E-state index contributed by atoms with van der Waals surface area (Å²) in [5.41, 5.74) is 0. The molecule has 0 amide bonds. The maximum atomic E-state index is 11.2. The molecule has 3 heteroatoms. The van der Waals surface area contributed by atoms with E-state index >= 15 is 0 Å². The van der Waals surface area contributed by atoms with Crippen molar-refractivity contribution in [2.24, 2.45) is 5.92 Å². The van der Waals surface area contributed by atoms with Crippen LogP contribution in [0.15, 0.2) is 36.5 Å². The van der Waals surface area contributed by atoms with Crippen LogP contribution in [0, 0.1) is 5.92 Å². The van der Waals surface area contributed by atoms with E-state index in [-0.39, 0.29) is 12.5 Å². The highest BCUT2D eigenvalue weighted by Gasteiger charge is 2.23. The van der Waals surface area contributed by atoms with E-state index in [4.69, 9.17) is 4.74 Å². The lowest BCUT2D eigenvalue weighted by atomic mass is 10.0. The first kappa shape index (κ1) is 10.7. The van der Waals surface area contributed by atoms with Crippen LogP contribution in [0.2, 0.25) is 0 Å². The van der Waals surface area contributed by atoms with Crippen LogP contribution in [0.1, 0.15) is 6.92 Å². The fraction of sp³-hybridized carbons (Fsp3) is 0.364. The molecule has 0 aliphatic heterocycles. The molecule has 0 aromatic heterocycles. The lowest BCUT2D eigenvalue weighted by Gasteiger charge is -2.14. The molecule has 1 rings (SSSR count). The van der Waals surface area contributed by atoms with Crippen molar-refractivity contribution < 1.29 is 14.6 Å². The number of rotatable bonds is 3. The average Bonchev–Trinajstić information content (AvgIpc) is 2.45. The summed E-state index contributed by atoms with van der Waals surface area (Å²) >= 11 is 0. The van der Waals surface area contributed by atoms with Crippen LogP contribution >= 0.6 is 0 Å². The Morgan fingerprint density at radius 2 is 1.93 bits per heavy atom. The van der Waals surface area contributed by atoms with Gasteiger partial charge in [0.2, 0.25) is 0 Å². The maximum absolute atomic E-state index is 11.2. The predicted molar refractivity (Wildman–Crippen MR) is 53.5 cm³/mol. The zero-order chi connectivity index (χ0) is 10.4. The first-order valence-electron chi connectivity index (χ1n) is 4.62. The van der Waals surface area contributed by atoms with Gasteiger partial charge in [-0.2, -0.15) is 0 Å². The van der Waals surface area contributed by atoms with Gasteiger partial charge in [-0.05, 0) is 6.92 Å². The van der Waals surface area contributed by atoms with Crippen LogP contribution in [0.4, 0.5) is 0 Å². The van der Waals surface area contributed by atoms with Crippen LogP contribution in [-0.4, -0.2) is 23.8 Å². The highest BCUT2D eigenvalue weighted by molar-refractivity contribution is 5.75. The van der Waals surface area contributed by atoms with Gasteiger partial charge in [-0.3, -0.25) is 0 Å². The molecule has 0 heterocycles. The first-order chi connectivity index (χ1) is 6.75. The SMILES string of the molecule is CCOC(=O)C(O)C1C=CC=CC=C1. The van der Waals surface area contributed by atoms with Crippen LogP contribution in [-0.2, 0) is 9.53 Å². The molecule has 0 fully saturated rings. The number of aliphatic hydroxyl groups excluding tert-OH is 1. The summed E-state index contributed by atoms with van der Waals surface area (Å²) in [6, 6.07) is 0. The minimum absolute atomic E-state index is 0.286. The van der Waals surface area contributed by atoms with E-state index in [9.17, 15) is 9.90 Å². The minimum atomic E-state index is -1.11. The van der Waals surface area contributed by atoms with E-state index < -0.39 is 12.1 Å². The third-order valence-corrected chi connectivity index (χ3v) is 1.89. The summed E-state index contributed by atoms with van der Waals surface area (Å²) in [7, 11) is 0. The molecule has 0 saturated carbocycles. The van der Waals surface area contributed by atoms with Crippen molar-refractivity contribution in [3.8, 4) is 0 Å². The number of carbonyl (C=O) groups excluding carboxylic acids is 1. The van der Waals surface area contributed by atoms with Crippen molar-refractivity contribution in [2.75, 3.05) is 6.61 Å². The van der Waals surface area contributed by atoms with E-state index in [1.165, 1.54) is 0 Å². The third kappa shape index (κ3) is 2.85. The second kappa shape index (κ2) is 5.40. The molecular weight excluding hydrogens is 180 g/mol. The molecule has 0 bridgehead atoms. The molecule has 1 aliphatic rings. The zero-order valence-electron chi connectivity index (χ0n) is 8.09. The highest BCUT2D eigenvalue weighted by Crippen LogP contribution is 2.12. The lowest BCUT2D eigenvalue weighted by molar-refractivity contribution is -0.154. The monoisotopic (exact) mass is 194 g/mol. The molecule has 0 spiro atoms. The lowest BCUT2D eigenvalue weighted by Crippen LogP contribution is -2.29. The smallest absolute Gasteiger partial charge is 0.335 e. The summed E-state index contributed by atoms with van der Waals surface area (Å²) in [5.74, 6) is -0.877. The van der Waals surface area contributed by atoms with Gasteiger partial charge in [-0.25, -0.2) is 4.79 Å². The number of aliphatic hydroxyl groups is 1. The molecule has 0 aromatic carbocycles. The van der Waals surface area contributed by atoms with Gasteiger partial charge in [-0.1, -0.05) is 36.5 Å². The maximum Gasteiger partial charge on any atom is 0.335 e. The molecule has 0 aromatic rings. The van der Waals surface area contributed by atoms with Gasteiger partial charge in [0.15, 0.2) is 6.10 Å². The second-order valence-electron chi connectivity index (χ2n) is 2.93. The third-order valence-electron chi connectivity index (χ3n) is 1.89. The van der Waals surface area contributed by atoms with E-state index in [0.29, 0.717) is 0 Å². The topological polar surface area (TPSA) is 46.5 Å². The summed E-state index contributed by atoms with van der Waals surface area (Å²) in [5, 5.41) is 9.59. The van der Waals surface area contributed by atoms with Crippen molar-refractivity contribution in [1.29, 1.82) is 0 Å². The van der Waals surface area contributed by atoms with Crippen LogP contribution in [0.5, 0.6) is 0 Å². The molecule has 1 unspecified atom stereocenters. The Kier molecular flexibility index (Phi) is 4.13. The summed E-state index contributed by atoms with van der Waals surface area (Å²) < 4.78 is 4.72. The number of carbonyl (C=O) groups is 1. The van der Waals surface area contributed by atoms with Crippen molar-refractivity contribution in [3.63, 3.8) is 0 Å². The quantitative estimate of drug-likeness (QED) is 0.687. The molecule has 1 atom stereocenters. The van der Waals surface area contributed by atoms with Gasteiger partial charge in [0.25, 0.3) is 0 Å². The molecular formula is C11H14O3. The molecule has 0 radical (unpaired) electrons.